The zero-order valence-electron chi connectivity index (χ0n) is 16.7. The van der Waals surface area contributed by atoms with Gasteiger partial charge in [0.25, 0.3) is 5.91 Å². The quantitative estimate of drug-likeness (QED) is 0.526. The van der Waals surface area contributed by atoms with Gasteiger partial charge in [-0.1, -0.05) is 54.1 Å². The van der Waals surface area contributed by atoms with E-state index in [9.17, 15) is 4.79 Å². The molecule has 1 aliphatic rings. The molecule has 1 aliphatic heterocycles. The van der Waals surface area contributed by atoms with Crippen molar-refractivity contribution in [3.05, 3.63) is 70.6 Å². The Labute approximate surface area is 185 Å². The van der Waals surface area contributed by atoms with E-state index in [1.807, 2.05) is 47.8 Å². The highest BCUT2D eigenvalue weighted by molar-refractivity contribution is 7.14. The summed E-state index contributed by atoms with van der Waals surface area (Å²) in [6.45, 7) is 4.93. The highest BCUT2D eigenvalue weighted by Gasteiger charge is 2.23. The van der Waals surface area contributed by atoms with Crippen LogP contribution in [0, 0.1) is 0 Å². The number of hydrogen-bond donors (Lipinski definition) is 0. The zero-order chi connectivity index (χ0) is 20.8. The van der Waals surface area contributed by atoms with Crippen LogP contribution in [0.3, 0.4) is 0 Å². The minimum Gasteiger partial charge on any atom is -0.379 e. The number of aromatic nitrogens is 1. The molecule has 0 unspecified atom stereocenters. The number of rotatable bonds is 7. The van der Waals surface area contributed by atoms with Gasteiger partial charge in [0.05, 0.1) is 29.5 Å². The summed E-state index contributed by atoms with van der Waals surface area (Å²) >= 11 is 7.81. The number of hydrogen-bond acceptors (Lipinski definition) is 5. The number of amides is 1. The smallest absolute Gasteiger partial charge is 0.261 e. The Hall–Kier alpha value is -2.25. The van der Waals surface area contributed by atoms with Crippen LogP contribution in [-0.2, 0) is 4.74 Å². The minimum absolute atomic E-state index is 0.114. The van der Waals surface area contributed by atoms with E-state index in [1.54, 1.807) is 17.0 Å². The van der Waals surface area contributed by atoms with Gasteiger partial charge in [0.1, 0.15) is 0 Å². The summed E-state index contributed by atoms with van der Waals surface area (Å²) in [5, 5.41) is 3.15. The average Bonchev–Trinajstić information content (AvgIpc) is 3.28. The number of morpholine rings is 1. The predicted octanol–water partition coefficient (Wildman–Crippen LogP) is 4.83. The second-order valence-corrected chi connectivity index (χ2v) is 8.37. The number of nitrogens with zero attached hydrogens (tertiary/aromatic N) is 3. The number of carbonyl (C=O) groups excluding carboxylic acids is 1. The van der Waals surface area contributed by atoms with Crippen LogP contribution in [0.25, 0.3) is 11.3 Å². The first-order chi connectivity index (χ1) is 14.7. The molecule has 4 rings (SSSR count). The fraction of sp³-hybridized carbons (Fsp3) is 0.304. The van der Waals surface area contributed by atoms with Gasteiger partial charge in [-0.3, -0.25) is 14.6 Å². The van der Waals surface area contributed by atoms with Gasteiger partial charge in [0.2, 0.25) is 0 Å². The molecule has 1 amide bonds. The van der Waals surface area contributed by atoms with Crippen LogP contribution in [0.1, 0.15) is 16.8 Å². The highest BCUT2D eigenvalue weighted by Crippen LogP contribution is 2.29. The van der Waals surface area contributed by atoms with Gasteiger partial charge in [-0.15, -0.1) is 11.3 Å². The monoisotopic (exact) mass is 441 g/mol. The molecule has 0 saturated carbocycles. The molecule has 0 aliphatic carbocycles. The molecule has 0 spiro atoms. The molecule has 2 aromatic carbocycles. The number of halogens is 1. The first kappa shape index (κ1) is 21.0. The molecule has 156 valence electrons. The fourth-order valence-electron chi connectivity index (χ4n) is 3.47. The van der Waals surface area contributed by atoms with Crippen molar-refractivity contribution in [2.45, 2.75) is 6.42 Å². The van der Waals surface area contributed by atoms with Crippen molar-refractivity contribution in [3.8, 4) is 11.3 Å². The van der Waals surface area contributed by atoms with E-state index >= 15 is 0 Å². The Kier molecular flexibility index (Phi) is 7.12. The summed E-state index contributed by atoms with van der Waals surface area (Å²) in [7, 11) is 0. The number of thiazole rings is 1. The lowest BCUT2D eigenvalue weighted by atomic mass is 10.2. The molecule has 1 aromatic heterocycles. The second-order valence-electron chi connectivity index (χ2n) is 7.13. The van der Waals surface area contributed by atoms with Crippen molar-refractivity contribution in [3.63, 3.8) is 0 Å². The topological polar surface area (TPSA) is 45.7 Å². The van der Waals surface area contributed by atoms with Crippen LogP contribution < -0.4 is 4.90 Å². The van der Waals surface area contributed by atoms with Crippen LogP contribution in [-0.4, -0.2) is 55.2 Å². The molecule has 5 nitrogen and oxygen atoms in total. The first-order valence-corrected chi connectivity index (χ1v) is 11.4. The predicted molar refractivity (Wildman–Crippen MR) is 123 cm³/mol. The molecule has 30 heavy (non-hydrogen) atoms. The third-order valence-corrected chi connectivity index (χ3v) is 6.29. The molecule has 0 bridgehead atoms. The number of benzene rings is 2. The molecule has 0 radical (unpaired) electrons. The first-order valence-electron chi connectivity index (χ1n) is 10.1. The average molecular weight is 442 g/mol. The van der Waals surface area contributed by atoms with Crippen LogP contribution >= 0.6 is 22.9 Å². The standard InChI is InChI=1S/C23H24ClN3O2S/c24-20-10-5-4-9-19(20)22(28)27(12-6-11-26-13-15-29-16-14-26)23-25-21(17-30-23)18-7-2-1-3-8-18/h1-5,7-10,17H,6,11-16H2. The van der Waals surface area contributed by atoms with Gasteiger partial charge in [0, 0.05) is 37.1 Å². The summed E-state index contributed by atoms with van der Waals surface area (Å²) in [6, 6.07) is 17.2. The van der Waals surface area contributed by atoms with Gasteiger partial charge < -0.3 is 4.74 Å². The van der Waals surface area contributed by atoms with Crippen molar-refractivity contribution in [2.75, 3.05) is 44.3 Å². The summed E-state index contributed by atoms with van der Waals surface area (Å²) in [4.78, 5) is 22.3. The Balaban J connectivity index is 1.54. The van der Waals surface area contributed by atoms with Crippen molar-refractivity contribution >= 4 is 34.0 Å². The van der Waals surface area contributed by atoms with Crippen molar-refractivity contribution < 1.29 is 9.53 Å². The van der Waals surface area contributed by atoms with Crippen molar-refractivity contribution in [2.24, 2.45) is 0 Å². The lowest BCUT2D eigenvalue weighted by Gasteiger charge is -2.27. The Morgan fingerprint density at radius 3 is 2.60 bits per heavy atom. The van der Waals surface area contributed by atoms with Crippen LogP contribution in [0.5, 0.6) is 0 Å². The molecular formula is C23H24ClN3O2S. The van der Waals surface area contributed by atoms with Crippen LogP contribution in [0.4, 0.5) is 5.13 Å². The molecule has 1 saturated heterocycles. The normalized spacial score (nSPS) is 14.6. The Morgan fingerprint density at radius 2 is 1.83 bits per heavy atom. The lowest BCUT2D eigenvalue weighted by molar-refractivity contribution is 0.0376. The summed E-state index contributed by atoms with van der Waals surface area (Å²) in [5.41, 5.74) is 2.42. The van der Waals surface area contributed by atoms with E-state index in [-0.39, 0.29) is 5.91 Å². The van der Waals surface area contributed by atoms with E-state index in [4.69, 9.17) is 21.3 Å². The lowest BCUT2D eigenvalue weighted by Crippen LogP contribution is -2.39. The van der Waals surface area contributed by atoms with Gasteiger partial charge in [-0.2, -0.15) is 0 Å². The molecule has 0 N–H and O–H groups in total. The van der Waals surface area contributed by atoms with E-state index in [1.165, 1.54) is 11.3 Å². The van der Waals surface area contributed by atoms with Gasteiger partial charge in [-0.05, 0) is 18.6 Å². The van der Waals surface area contributed by atoms with E-state index in [2.05, 4.69) is 4.90 Å². The van der Waals surface area contributed by atoms with Crippen molar-refractivity contribution in [1.82, 2.24) is 9.88 Å². The third kappa shape index (κ3) is 5.08. The highest BCUT2D eigenvalue weighted by atomic mass is 35.5. The van der Waals surface area contributed by atoms with E-state index < -0.39 is 0 Å². The van der Waals surface area contributed by atoms with E-state index in [0.29, 0.717) is 22.3 Å². The molecular weight excluding hydrogens is 418 g/mol. The zero-order valence-corrected chi connectivity index (χ0v) is 18.2. The largest absolute Gasteiger partial charge is 0.379 e. The van der Waals surface area contributed by atoms with Gasteiger partial charge in [0.15, 0.2) is 5.13 Å². The fourth-order valence-corrected chi connectivity index (χ4v) is 4.55. The summed E-state index contributed by atoms with van der Waals surface area (Å²) in [6.07, 6.45) is 0.858. The van der Waals surface area contributed by atoms with Crippen LogP contribution in [0.15, 0.2) is 60.0 Å². The second kappa shape index (κ2) is 10.2. The van der Waals surface area contributed by atoms with Crippen LogP contribution in [0.2, 0.25) is 5.02 Å². The third-order valence-electron chi connectivity index (χ3n) is 5.10. The van der Waals surface area contributed by atoms with Gasteiger partial charge in [-0.25, -0.2) is 4.98 Å². The SMILES string of the molecule is O=C(c1ccccc1Cl)N(CCCN1CCOCC1)c1nc(-c2ccccc2)cs1. The number of ether oxygens (including phenoxy) is 1. The molecule has 2 heterocycles. The van der Waals surface area contributed by atoms with Gasteiger partial charge >= 0.3 is 0 Å². The Bertz CT molecular complexity index is 973. The maximum absolute atomic E-state index is 13.4. The number of anilines is 1. The molecule has 7 heteroatoms. The van der Waals surface area contributed by atoms with E-state index in [0.717, 1.165) is 50.5 Å². The maximum atomic E-state index is 13.4. The molecule has 3 aromatic rings. The summed E-state index contributed by atoms with van der Waals surface area (Å²) in [5.74, 6) is -0.114. The summed E-state index contributed by atoms with van der Waals surface area (Å²) < 4.78 is 5.42. The molecule has 0 atom stereocenters. The molecule has 1 fully saturated rings. The maximum Gasteiger partial charge on any atom is 0.261 e. The Morgan fingerprint density at radius 1 is 1.10 bits per heavy atom. The number of carbonyl (C=O) groups is 1. The minimum atomic E-state index is -0.114. The van der Waals surface area contributed by atoms with Crippen molar-refractivity contribution in [1.29, 1.82) is 0 Å².